The van der Waals surface area contributed by atoms with Crippen LogP contribution in [0.2, 0.25) is 0 Å². The average molecular weight is 460 g/mol. The van der Waals surface area contributed by atoms with Crippen LogP contribution in [0.4, 0.5) is 0 Å². The van der Waals surface area contributed by atoms with Crippen LogP contribution < -0.4 is 4.74 Å². The second kappa shape index (κ2) is 9.06. The van der Waals surface area contributed by atoms with Crippen molar-refractivity contribution in [1.29, 1.82) is 0 Å². The fraction of sp³-hybridized carbons (Fsp3) is 0.138. The van der Waals surface area contributed by atoms with Crippen LogP contribution in [0.5, 0.6) is 5.75 Å². The Kier molecular flexibility index (Phi) is 5.47. The Hall–Kier alpha value is -4.45. The van der Waals surface area contributed by atoms with E-state index in [1.54, 1.807) is 0 Å². The molecule has 2 heterocycles. The molecule has 6 nitrogen and oxygen atoms in total. The zero-order chi connectivity index (χ0) is 23.6. The van der Waals surface area contributed by atoms with E-state index in [1.807, 2.05) is 24.3 Å². The quantitative estimate of drug-likeness (QED) is 0.280. The average Bonchev–Trinajstić information content (AvgIpc) is 3.55. The van der Waals surface area contributed by atoms with Crippen molar-refractivity contribution in [3.05, 3.63) is 96.6 Å². The van der Waals surface area contributed by atoms with E-state index in [0.717, 1.165) is 35.3 Å². The van der Waals surface area contributed by atoms with E-state index >= 15 is 0 Å². The molecule has 172 valence electrons. The van der Waals surface area contributed by atoms with Crippen molar-refractivity contribution in [2.45, 2.75) is 19.9 Å². The van der Waals surface area contributed by atoms with Crippen LogP contribution in [0.3, 0.4) is 0 Å². The number of aromatic nitrogens is 5. The number of nitrogens with zero attached hydrogens (tertiary/aromatic N) is 4. The molecule has 0 amide bonds. The second-order valence-electron chi connectivity index (χ2n) is 8.65. The summed E-state index contributed by atoms with van der Waals surface area (Å²) in [4.78, 5) is 0. The Bertz CT molecular complexity index is 1610. The van der Waals surface area contributed by atoms with Gasteiger partial charge in [-0.25, -0.2) is 0 Å². The molecule has 0 spiro atoms. The van der Waals surface area contributed by atoms with Crippen molar-refractivity contribution in [1.82, 2.24) is 25.2 Å². The molecule has 0 saturated carbocycles. The molecule has 6 aromatic rings. The van der Waals surface area contributed by atoms with Crippen LogP contribution in [0, 0.1) is 6.92 Å². The molecule has 4 aromatic carbocycles. The predicted molar refractivity (Wildman–Crippen MR) is 139 cm³/mol. The SMILES string of the molecule is Cc1ccccc1-c1cccc2c1cc(-c1nn[nH]n1)n2CCCOc1cccc2ccccc12. The fourth-order valence-corrected chi connectivity index (χ4v) is 4.82. The number of nitrogens with one attached hydrogen (secondary N) is 1. The maximum Gasteiger partial charge on any atom is 0.221 e. The van der Waals surface area contributed by atoms with Crippen LogP contribution in [-0.2, 0) is 6.54 Å². The number of aryl methyl sites for hydroxylation is 2. The zero-order valence-electron chi connectivity index (χ0n) is 19.5. The lowest BCUT2D eigenvalue weighted by atomic mass is 9.97. The summed E-state index contributed by atoms with van der Waals surface area (Å²) in [6, 6.07) is 31.6. The summed E-state index contributed by atoms with van der Waals surface area (Å²) in [6.07, 6.45) is 0.840. The van der Waals surface area contributed by atoms with E-state index in [1.165, 1.54) is 27.5 Å². The first-order valence-electron chi connectivity index (χ1n) is 11.8. The van der Waals surface area contributed by atoms with Crippen LogP contribution in [-0.4, -0.2) is 31.8 Å². The number of rotatable bonds is 7. The number of benzene rings is 4. The van der Waals surface area contributed by atoms with Crippen LogP contribution in [0.25, 0.3) is 44.3 Å². The molecular weight excluding hydrogens is 434 g/mol. The third kappa shape index (κ3) is 3.93. The number of H-pyrrole nitrogens is 1. The highest BCUT2D eigenvalue weighted by atomic mass is 16.5. The summed E-state index contributed by atoms with van der Waals surface area (Å²) < 4.78 is 8.48. The number of tetrazole rings is 1. The van der Waals surface area contributed by atoms with Gasteiger partial charge < -0.3 is 9.30 Å². The minimum Gasteiger partial charge on any atom is -0.493 e. The molecule has 2 aromatic heterocycles. The van der Waals surface area contributed by atoms with Gasteiger partial charge in [-0.1, -0.05) is 72.8 Å². The van der Waals surface area contributed by atoms with Crippen molar-refractivity contribution in [2.75, 3.05) is 6.61 Å². The van der Waals surface area contributed by atoms with Crippen molar-refractivity contribution in [3.63, 3.8) is 0 Å². The van der Waals surface area contributed by atoms with Gasteiger partial charge >= 0.3 is 0 Å². The molecule has 0 aliphatic rings. The molecule has 0 atom stereocenters. The highest BCUT2D eigenvalue weighted by Gasteiger charge is 2.17. The highest BCUT2D eigenvalue weighted by Crippen LogP contribution is 2.35. The third-order valence-corrected chi connectivity index (χ3v) is 6.49. The minimum absolute atomic E-state index is 0.590. The van der Waals surface area contributed by atoms with Gasteiger partial charge in [0.25, 0.3) is 0 Å². The molecule has 35 heavy (non-hydrogen) atoms. The van der Waals surface area contributed by atoms with Crippen molar-refractivity contribution < 1.29 is 4.74 Å². The first-order valence-corrected chi connectivity index (χ1v) is 11.8. The molecule has 1 N–H and O–H groups in total. The summed E-state index contributed by atoms with van der Waals surface area (Å²) in [7, 11) is 0. The van der Waals surface area contributed by atoms with Gasteiger partial charge in [-0.3, -0.25) is 0 Å². The lowest BCUT2D eigenvalue weighted by molar-refractivity contribution is 0.306. The molecule has 6 heteroatoms. The van der Waals surface area contributed by atoms with E-state index in [2.05, 4.69) is 98.8 Å². The molecule has 0 fully saturated rings. The Morgan fingerprint density at radius 3 is 2.51 bits per heavy atom. The molecule has 0 unspecified atom stereocenters. The van der Waals surface area contributed by atoms with Crippen molar-refractivity contribution in [3.8, 4) is 28.4 Å². The lowest BCUT2D eigenvalue weighted by Gasteiger charge is -2.12. The molecule has 6 rings (SSSR count). The Labute approximate surface area is 203 Å². The van der Waals surface area contributed by atoms with Gasteiger partial charge in [0, 0.05) is 22.8 Å². The Balaban J connectivity index is 1.32. The predicted octanol–water partition coefficient (Wildman–Crippen LogP) is 6.42. The van der Waals surface area contributed by atoms with Gasteiger partial charge in [-0.15, -0.1) is 10.2 Å². The lowest BCUT2D eigenvalue weighted by Crippen LogP contribution is -2.06. The number of hydrogen-bond acceptors (Lipinski definition) is 4. The summed E-state index contributed by atoms with van der Waals surface area (Å²) >= 11 is 0. The monoisotopic (exact) mass is 459 g/mol. The summed E-state index contributed by atoms with van der Waals surface area (Å²) in [6.45, 7) is 3.53. The largest absolute Gasteiger partial charge is 0.493 e. The second-order valence-corrected chi connectivity index (χ2v) is 8.65. The third-order valence-electron chi connectivity index (χ3n) is 6.49. The maximum atomic E-state index is 6.21. The molecular formula is C29H25N5O. The number of aromatic amines is 1. The Morgan fingerprint density at radius 2 is 1.63 bits per heavy atom. The molecule has 0 saturated heterocycles. The number of fused-ring (bicyclic) bond motifs is 2. The minimum atomic E-state index is 0.590. The summed E-state index contributed by atoms with van der Waals surface area (Å²) in [5.74, 6) is 1.51. The van der Waals surface area contributed by atoms with Gasteiger partial charge in [-0.2, -0.15) is 5.21 Å². The number of hydrogen-bond donors (Lipinski definition) is 1. The molecule has 0 radical (unpaired) electrons. The first-order chi connectivity index (χ1) is 17.3. The topological polar surface area (TPSA) is 68.6 Å². The maximum absolute atomic E-state index is 6.21. The van der Waals surface area contributed by atoms with E-state index in [9.17, 15) is 0 Å². The first kappa shape index (κ1) is 21.1. The molecule has 0 bridgehead atoms. The smallest absolute Gasteiger partial charge is 0.221 e. The number of ether oxygens (including phenoxy) is 1. The summed E-state index contributed by atoms with van der Waals surface area (Å²) in [5, 5.41) is 18.4. The molecule has 0 aliphatic carbocycles. The van der Waals surface area contributed by atoms with Gasteiger partial charge in [-0.05, 0) is 58.8 Å². The van der Waals surface area contributed by atoms with Gasteiger partial charge in [0.2, 0.25) is 5.82 Å². The van der Waals surface area contributed by atoms with Crippen LogP contribution in [0.1, 0.15) is 12.0 Å². The van der Waals surface area contributed by atoms with E-state index in [0.29, 0.717) is 12.4 Å². The van der Waals surface area contributed by atoms with Crippen molar-refractivity contribution in [2.24, 2.45) is 0 Å². The normalized spacial score (nSPS) is 11.3. The van der Waals surface area contributed by atoms with E-state index in [4.69, 9.17) is 4.74 Å². The van der Waals surface area contributed by atoms with E-state index in [-0.39, 0.29) is 0 Å². The van der Waals surface area contributed by atoms with Crippen LogP contribution in [0.15, 0.2) is 91.0 Å². The summed E-state index contributed by atoms with van der Waals surface area (Å²) in [5.41, 5.74) is 5.78. The van der Waals surface area contributed by atoms with Crippen molar-refractivity contribution >= 4 is 21.7 Å². The van der Waals surface area contributed by atoms with Crippen LogP contribution >= 0.6 is 0 Å². The highest BCUT2D eigenvalue weighted by molar-refractivity contribution is 5.99. The Morgan fingerprint density at radius 1 is 0.829 bits per heavy atom. The van der Waals surface area contributed by atoms with Gasteiger partial charge in [0.1, 0.15) is 5.75 Å². The zero-order valence-corrected chi connectivity index (χ0v) is 19.5. The fourth-order valence-electron chi connectivity index (χ4n) is 4.82. The standard InChI is InChI=1S/C29H25N5O/c1-20-9-2-4-12-22(20)24-14-7-15-26-25(24)19-27(29-30-32-33-31-29)34(26)17-8-18-35-28-16-6-11-21-10-3-5-13-23(21)28/h2-7,9-16,19H,8,17-18H2,1H3,(H,30,31,32,33). The van der Waals surface area contributed by atoms with E-state index < -0.39 is 0 Å². The van der Waals surface area contributed by atoms with Gasteiger partial charge in [0.15, 0.2) is 0 Å². The molecule has 0 aliphatic heterocycles. The van der Waals surface area contributed by atoms with Gasteiger partial charge in [0.05, 0.1) is 12.3 Å².